The molecule has 3 N–H and O–H groups in total. The van der Waals surface area contributed by atoms with Crippen molar-refractivity contribution in [1.82, 2.24) is 0 Å². The fourth-order valence-corrected chi connectivity index (χ4v) is 1.83. The SMILES string of the molecule is Cc1cc(C)c(NC(C)(C)CN)c(Cl)c1. The number of rotatable bonds is 3. The molecule has 0 saturated heterocycles. The van der Waals surface area contributed by atoms with Crippen LogP contribution in [-0.2, 0) is 0 Å². The third-order valence-corrected chi connectivity index (χ3v) is 2.70. The number of hydrogen-bond donors (Lipinski definition) is 2. The van der Waals surface area contributed by atoms with Crippen molar-refractivity contribution < 1.29 is 0 Å². The Morgan fingerprint density at radius 2 is 1.93 bits per heavy atom. The third-order valence-electron chi connectivity index (χ3n) is 2.41. The van der Waals surface area contributed by atoms with Crippen LogP contribution in [0.2, 0.25) is 5.02 Å². The smallest absolute Gasteiger partial charge is 0.0643 e. The van der Waals surface area contributed by atoms with Gasteiger partial charge >= 0.3 is 0 Å². The maximum absolute atomic E-state index is 6.19. The maximum Gasteiger partial charge on any atom is 0.0643 e. The van der Waals surface area contributed by atoms with Crippen molar-refractivity contribution in [2.24, 2.45) is 5.73 Å². The largest absolute Gasteiger partial charge is 0.377 e. The van der Waals surface area contributed by atoms with Crippen molar-refractivity contribution in [3.63, 3.8) is 0 Å². The Balaban J connectivity index is 3.05. The predicted octanol–water partition coefficient (Wildman–Crippen LogP) is 3.11. The van der Waals surface area contributed by atoms with Crippen LogP contribution in [0, 0.1) is 13.8 Å². The van der Waals surface area contributed by atoms with E-state index in [1.807, 2.05) is 19.9 Å². The van der Waals surface area contributed by atoms with E-state index in [1.54, 1.807) is 0 Å². The molecule has 2 nitrogen and oxygen atoms in total. The molecule has 0 radical (unpaired) electrons. The molecule has 1 aromatic rings. The van der Waals surface area contributed by atoms with Crippen LogP contribution in [0.4, 0.5) is 5.69 Å². The van der Waals surface area contributed by atoms with Gasteiger partial charge < -0.3 is 11.1 Å². The lowest BCUT2D eigenvalue weighted by atomic mass is 10.0. The molecule has 1 rings (SSSR count). The first kappa shape index (κ1) is 12.3. The number of hydrogen-bond acceptors (Lipinski definition) is 2. The predicted molar refractivity (Wildman–Crippen MR) is 67.7 cm³/mol. The second-order valence-electron chi connectivity index (χ2n) is 4.65. The highest BCUT2D eigenvalue weighted by Crippen LogP contribution is 2.29. The van der Waals surface area contributed by atoms with Crippen LogP contribution in [-0.4, -0.2) is 12.1 Å². The molecule has 0 saturated carbocycles. The van der Waals surface area contributed by atoms with E-state index >= 15 is 0 Å². The summed E-state index contributed by atoms with van der Waals surface area (Å²) in [6.45, 7) is 8.77. The van der Waals surface area contributed by atoms with Crippen molar-refractivity contribution in [3.05, 3.63) is 28.3 Å². The molecule has 0 amide bonds. The van der Waals surface area contributed by atoms with Gasteiger partial charge in [-0.1, -0.05) is 17.7 Å². The fraction of sp³-hybridized carbons (Fsp3) is 0.500. The van der Waals surface area contributed by atoms with Crippen LogP contribution in [0.25, 0.3) is 0 Å². The Labute approximate surface area is 96.8 Å². The number of nitrogens with one attached hydrogen (secondary N) is 1. The van der Waals surface area contributed by atoms with Gasteiger partial charge in [0.25, 0.3) is 0 Å². The topological polar surface area (TPSA) is 38.0 Å². The standard InChI is InChI=1S/C12H19ClN2/c1-8-5-9(2)11(10(13)6-8)15-12(3,4)7-14/h5-6,15H,7,14H2,1-4H3. The van der Waals surface area contributed by atoms with E-state index in [4.69, 9.17) is 17.3 Å². The molecule has 84 valence electrons. The summed E-state index contributed by atoms with van der Waals surface area (Å²) in [5.74, 6) is 0. The second-order valence-corrected chi connectivity index (χ2v) is 5.06. The summed E-state index contributed by atoms with van der Waals surface area (Å²) in [6.07, 6.45) is 0. The van der Waals surface area contributed by atoms with E-state index in [0.717, 1.165) is 16.3 Å². The molecule has 0 aliphatic rings. The van der Waals surface area contributed by atoms with Crippen LogP contribution in [0.3, 0.4) is 0 Å². The highest BCUT2D eigenvalue weighted by Gasteiger charge is 2.17. The summed E-state index contributed by atoms with van der Waals surface area (Å²) < 4.78 is 0. The molecule has 0 bridgehead atoms. The molecule has 0 aliphatic heterocycles. The first-order chi connectivity index (χ1) is 6.85. The maximum atomic E-state index is 6.19. The quantitative estimate of drug-likeness (QED) is 0.831. The lowest BCUT2D eigenvalue weighted by Gasteiger charge is -2.27. The van der Waals surface area contributed by atoms with Crippen molar-refractivity contribution in [1.29, 1.82) is 0 Å². The lowest BCUT2D eigenvalue weighted by molar-refractivity contribution is 0.579. The molecule has 15 heavy (non-hydrogen) atoms. The van der Waals surface area contributed by atoms with Gasteiger partial charge in [0, 0.05) is 12.1 Å². The number of anilines is 1. The zero-order chi connectivity index (χ0) is 11.6. The number of benzene rings is 1. The highest BCUT2D eigenvalue weighted by molar-refractivity contribution is 6.33. The average Bonchev–Trinajstić information content (AvgIpc) is 2.11. The average molecular weight is 227 g/mol. The lowest BCUT2D eigenvalue weighted by Crippen LogP contribution is -2.39. The van der Waals surface area contributed by atoms with E-state index < -0.39 is 0 Å². The van der Waals surface area contributed by atoms with Crippen molar-refractivity contribution in [2.45, 2.75) is 33.2 Å². The molecule has 3 heteroatoms. The normalized spacial score (nSPS) is 11.6. The minimum absolute atomic E-state index is 0.135. The molecule has 0 fully saturated rings. The van der Waals surface area contributed by atoms with Crippen molar-refractivity contribution in [3.8, 4) is 0 Å². The van der Waals surface area contributed by atoms with Gasteiger partial charge in [0.05, 0.1) is 10.7 Å². The van der Waals surface area contributed by atoms with Crippen molar-refractivity contribution >= 4 is 17.3 Å². The van der Waals surface area contributed by atoms with Gasteiger partial charge in [0.2, 0.25) is 0 Å². The van der Waals surface area contributed by atoms with Gasteiger partial charge in [-0.3, -0.25) is 0 Å². The van der Waals surface area contributed by atoms with Crippen LogP contribution in [0.1, 0.15) is 25.0 Å². The molecule has 1 aromatic carbocycles. The van der Waals surface area contributed by atoms with Crippen LogP contribution in [0.5, 0.6) is 0 Å². The van der Waals surface area contributed by atoms with Gasteiger partial charge in [-0.05, 0) is 44.9 Å². The monoisotopic (exact) mass is 226 g/mol. The van der Waals surface area contributed by atoms with Crippen molar-refractivity contribution in [2.75, 3.05) is 11.9 Å². The number of nitrogens with two attached hydrogens (primary N) is 1. The highest BCUT2D eigenvalue weighted by atomic mass is 35.5. The Morgan fingerprint density at radius 1 is 1.33 bits per heavy atom. The summed E-state index contributed by atoms with van der Waals surface area (Å²) >= 11 is 6.19. The van der Waals surface area contributed by atoms with Gasteiger partial charge in [0.1, 0.15) is 0 Å². The minimum atomic E-state index is -0.135. The van der Waals surface area contributed by atoms with Gasteiger partial charge in [-0.25, -0.2) is 0 Å². The molecule has 0 aromatic heterocycles. The second kappa shape index (κ2) is 4.42. The molecular weight excluding hydrogens is 208 g/mol. The first-order valence-corrected chi connectivity index (χ1v) is 5.48. The summed E-state index contributed by atoms with van der Waals surface area (Å²) in [7, 11) is 0. The van der Waals surface area contributed by atoms with Crippen LogP contribution in [0.15, 0.2) is 12.1 Å². The first-order valence-electron chi connectivity index (χ1n) is 5.11. The van der Waals surface area contributed by atoms with E-state index in [0.29, 0.717) is 6.54 Å². The van der Waals surface area contributed by atoms with Gasteiger partial charge in [0.15, 0.2) is 0 Å². The van der Waals surface area contributed by atoms with E-state index in [1.165, 1.54) is 5.56 Å². The van der Waals surface area contributed by atoms with E-state index in [2.05, 4.69) is 25.2 Å². The third kappa shape index (κ3) is 3.11. The van der Waals surface area contributed by atoms with Crippen LogP contribution >= 0.6 is 11.6 Å². The Bertz CT molecular complexity index is 336. The summed E-state index contributed by atoms with van der Waals surface area (Å²) in [5, 5.41) is 4.13. The number of halogens is 1. The molecule has 0 spiro atoms. The Hall–Kier alpha value is -0.730. The minimum Gasteiger partial charge on any atom is -0.377 e. The summed E-state index contributed by atoms with van der Waals surface area (Å²) in [5.41, 5.74) is 8.86. The fourth-order valence-electron chi connectivity index (χ4n) is 1.46. The zero-order valence-electron chi connectivity index (χ0n) is 9.82. The molecule has 0 heterocycles. The van der Waals surface area contributed by atoms with Gasteiger partial charge in [-0.2, -0.15) is 0 Å². The zero-order valence-corrected chi connectivity index (χ0v) is 10.6. The van der Waals surface area contributed by atoms with Crippen LogP contribution < -0.4 is 11.1 Å². The summed E-state index contributed by atoms with van der Waals surface area (Å²) in [4.78, 5) is 0. The van der Waals surface area contributed by atoms with E-state index in [9.17, 15) is 0 Å². The summed E-state index contributed by atoms with van der Waals surface area (Å²) in [6, 6.07) is 4.07. The molecule has 0 atom stereocenters. The molecule has 0 unspecified atom stereocenters. The Kier molecular flexibility index (Phi) is 3.63. The molecular formula is C12H19ClN2. The van der Waals surface area contributed by atoms with Gasteiger partial charge in [-0.15, -0.1) is 0 Å². The van der Waals surface area contributed by atoms with E-state index in [-0.39, 0.29) is 5.54 Å². The Morgan fingerprint density at radius 3 is 2.40 bits per heavy atom. The molecule has 0 aliphatic carbocycles. The number of aryl methyl sites for hydroxylation is 2.